The summed E-state index contributed by atoms with van der Waals surface area (Å²) in [6.45, 7) is -0.428. The number of amides is 4. The van der Waals surface area contributed by atoms with Crippen LogP contribution < -0.4 is 10.6 Å². The molecule has 13 heteroatoms. The lowest BCUT2D eigenvalue weighted by Gasteiger charge is -2.29. The lowest BCUT2D eigenvalue weighted by molar-refractivity contribution is -0.136. The summed E-state index contributed by atoms with van der Waals surface area (Å²) in [4.78, 5) is 54.5. The normalized spacial score (nSPS) is 20.6. The van der Waals surface area contributed by atoms with Gasteiger partial charge in [0, 0.05) is 42.8 Å². The molecule has 5 rings (SSSR count). The number of piperidine rings is 1. The van der Waals surface area contributed by atoms with E-state index in [0.29, 0.717) is 21.1 Å². The lowest BCUT2D eigenvalue weighted by Crippen LogP contribution is -2.52. The number of hydrogen-bond donors (Lipinski definition) is 2. The average molecular weight is 523 g/mol. The molecule has 2 aliphatic heterocycles. The Balaban J connectivity index is 1.18. The summed E-state index contributed by atoms with van der Waals surface area (Å²) in [6.07, 6.45) is -1.07. The zero-order valence-electron chi connectivity index (χ0n) is 18.9. The van der Waals surface area contributed by atoms with Gasteiger partial charge < -0.3 is 15.0 Å². The first kappa shape index (κ1) is 24.2. The Labute approximate surface area is 207 Å². The molecule has 1 aromatic heterocycles. The average Bonchev–Trinajstić information content (AvgIpc) is 3.37. The number of halogens is 3. The highest BCUT2D eigenvalue weighted by atomic mass is 32.1. The van der Waals surface area contributed by atoms with Crippen molar-refractivity contribution in [3.05, 3.63) is 50.2 Å². The number of carbonyl (C=O) groups is 4. The van der Waals surface area contributed by atoms with Crippen LogP contribution in [0.25, 0.3) is 0 Å². The molecule has 2 aromatic rings. The largest absolute Gasteiger partial charge is 0.442 e. The number of carbonyl (C=O) groups excluding carboxylic acids is 4. The molecule has 0 bridgehead atoms. The smallest absolute Gasteiger partial charge is 0.407 e. The standard InChI is InChI=1S/C23H21F3N4O5S/c24-19-11(1-2-12-9-30(21(33)18(12)19)14-3-4-16(31)29-20(14)32)8-27-22(34)35-10-17-28-13-5-6-23(25,26)7-15(13)36-17/h1-2,14H,3-10H2,(H,27,34)(H,29,31,32). The third kappa shape index (κ3) is 4.66. The first-order valence-electron chi connectivity index (χ1n) is 11.3. The van der Waals surface area contributed by atoms with Crippen LogP contribution >= 0.6 is 11.3 Å². The number of nitrogens with zero attached hydrogens (tertiary/aromatic N) is 2. The van der Waals surface area contributed by atoms with Gasteiger partial charge in [0.2, 0.25) is 11.8 Å². The Hall–Kier alpha value is -3.48. The van der Waals surface area contributed by atoms with Crippen molar-refractivity contribution in [2.24, 2.45) is 0 Å². The molecule has 1 aliphatic carbocycles. The third-order valence-corrected chi connectivity index (χ3v) is 7.50. The minimum absolute atomic E-state index is 0.0385. The van der Waals surface area contributed by atoms with Crippen molar-refractivity contribution in [2.45, 2.75) is 63.8 Å². The highest BCUT2D eigenvalue weighted by Crippen LogP contribution is 2.36. The molecule has 36 heavy (non-hydrogen) atoms. The van der Waals surface area contributed by atoms with Gasteiger partial charge in [-0.25, -0.2) is 22.9 Å². The highest BCUT2D eigenvalue weighted by molar-refractivity contribution is 7.11. The Morgan fingerprint density at radius 3 is 2.86 bits per heavy atom. The van der Waals surface area contributed by atoms with Gasteiger partial charge in [0.25, 0.3) is 11.8 Å². The summed E-state index contributed by atoms with van der Waals surface area (Å²) in [7, 11) is 0. The number of fused-ring (bicyclic) bond motifs is 2. The number of alkyl carbamates (subject to hydrolysis) is 1. The topological polar surface area (TPSA) is 118 Å². The highest BCUT2D eigenvalue weighted by Gasteiger charge is 2.41. The van der Waals surface area contributed by atoms with Crippen molar-refractivity contribution >= 4 is 35.2 Å². The van der Waals surface area contributed by atoms with Gasteiger partial charge in [-0.3, -0.25) is 19.7 Å². The quantitative estimate of drug-likeness (QED) is 0.583. The number of hydrogen-bond acceptors (Lipinski definition) is 7. The molecule has 3 heterocycles. The summed E-state index contributed by atoms with van der Waals surface area (Å²) in [5.41, 5.74) is 0.890. The van der Waals surface area contributed by atoms with E-state index in [4.69, 9.17) is 4.74 Å². The molecular weight excluding hydrogens is 501 g/mol. The van der Waals surface area contributed by atoms with Crippen LogP contribution in [0.5, 0.6) is 0 Å². The van der Waals surface area contributed by atoms with Crippen LogP contribution in [0.2, 0.25) is 0 Å². The van der Waals surface area contributed by atoms with Crippen LogP contribution in [0.1, 0.15) is 56.3 Å². The molecule has 190 valence electrons. The summed E-state index contributed by atoms with van der Waals surface area (Å²) in [6, 6.07) is 2.13. The van der Waals surface area contributed by atoms with Gasteiger partial charge in [0.05, 0.1) is 11.3 Å². The van der Waals surface area contributed by atoms with Crippen molar-refractivity contribution in [1.82, 2.24) is 20.5 Å². The van der Waals surface area contributed by atoms with Crippen molar-refractivity contribution in [3.63, 3.8) is 0 Å². The predicted molar refractivity (Wildman–Crippen MR) is 119 cm³/mol. The Bertz CT molecular complexity index is 1280. The summed E-state index contributed by atoms with van der Waals surface area (Å²) in [5, 5.41) is 5.00. The minimum Gasteiger partial charge on any atom is -0.442 e. The number of imide groups is 1. The maximum atomic E-state index is 15.2. The van der Waals surface area contributed by atoms with Crippen LogP contribution in [-0.2, 0) is 46.9 Å². The van der Waals surface area contributed by atoms with Gasteiger partial charge in [-0.2, -0.15) is 0 Å². The second-order valence-electron chi connectivity index (χ2n) is 8.91. The van der Waals surface area contributed by atoms with E-state index in [9.17, 15) is 28.0 Å². The first-order chi connectivity index (χ1) is 17.1. The number of aryl methyl sites for hydroxylation is 1. The first-order valence-corrected chi connectivity index (χ1v) is 12.1. The number of aromatic nitrogens is 1. The van der Waals surface area contributed by atoms with E-state index in [1.807, 2.05) is 0 Å². The van der Waals surface area contributed by atoms with Gasteiger partial charge in [0.1, 0.15) is 23.5 Å². The Morgan fingerprint density at radius 2 is 2.08 bits per heavy atom. The van der Waals surface area contributed by atoms with Crippen LogP contribution in [0.15, 0.2) is 12.1 Å². The van der Waals surface area contributed by atoms with Crippen LogP contribution in [0, 0.1) is 5.82 Å². The molecule has 2 N–H and O–H groups in total. The number of thiazole rings is 1. The summed E-state index contributed by atoms with van der Waals surface area (Å²) < 4.78 is 47.4. The van der Waals surface area contributed by atoms with Crippen LogP contribution in [0.4, 0.5) is 18.0 Å². The molecule has 1 aromatic carbocycles. The van der Waals surface area contributed by atoms with Crippen molar-refractivity contribution in [1.29, 1.82) is 0 Å². The number of nitrogens with one attached hydrogen (secondary N) is 2. The Morgan fingerprint density at radius 1 is 1.28 bits per heavy atom. The molecule has 1 atom stereocenters. The number of rotatable bonds is 5. The monoisotopic (exact) mass is 522 g/mol. The SMILES string of the molecule is O=C1CCC(N2Cc3ccc(CNC(=O)OCc4nc5c(s4)CC(F)(F)CC5)c(F)c3C2=O)C(=O)N1. The van der Waals surface area contributed by atoms with Gasteiger partial charge in [-0.05, 0) is 18.4 Å². The number of benzene rings is 1. The van der Waals surface area contributed by atoms with E-state index < -0.39 is 41.6 Å². The molecule has 9 nitrogen and oxygen atoms in total. The van der Waals surface area contributed by atoms with E-state index in [1.54, 1.807) is 6.07 Å². The predicted octanol–water partition coefficient (Wildman–Crippen LogP) is 2.59. The minimum atomic E-state index is -2.75. The fraction of sp³-hybridized carbons (Fsp3) is 0.435. The van der Waals surface area contributed by atoms with E-state index in [1.165, 1.54) is 11.0 Å². The maximum Gasteiger partial charge on any atom is 0.407 e. The molecule has 3 aliphatic rings. The van der Waals surface area contributed by atoms with Crippen molar-refractivity contribution in [3.8, 4) is 0 Å². The zero-order chi connectivity index (χ0) is 25.6. The number of alkyl halides is 2. The van der Waals surface area contributed by atoms with Crippen molar-refractivity contribution < 1.29 is 37.1 Å². The fourth-order valence-corrected chi connectivity index (χ4v) is 5.70. The number of ether oxygens (including phenoxy) is 1. The fourth-order valence-electron chi connectivity index (χ4n) is 4.59. The van der Waals surface area contributed by atoms with Crippen molar-refractivity contribution in [2.75, 3.05) is 0 Å². The van der Waals surface area contributed by atoms with Gasteiger partial charge in [-0.15, -0.1) is 11.3 Å². The second kappa shape index (κ2) is 9.19. The zero-order valence-corrected chi connectivity index (χ0v) is 19.7. The maximum absolute atomic E-state index is 15.2. The molecule has 0 saturated carbocycles. The van der Waals surface area contributed by atoms with Gasteiger partial charge in [0.15, 0.2) is 0 Å². The molecular formula is C23H21F3N4O5S. The lowest BCUT2D eigenvalue weighted by atomic mass is 9.99. The molecule has 4 amide bonds. The third-order valence-electron chi connectivity index (χ3n) is 6.43. The molecule has 1 fully saturated rings. The van der Waals surface area contributed by atoms with Gasteiger partial charge in [-0.1, -0.05) is 12.1 Å². The molecule has 1 unspecified atom stereocenters. The molecule has 0 radical (unpaired) electrons. The molecule has 1 saturated heterocycles. The van der Waals surface area contributed by atoms with Crippen LogP contribution in [0.3, 0.4) is 0 Å². The second-order valence-corrected chi connectivity index (χ2v) is 10.1. The Kier molecular flexibility index (Phi) is 6.18. The molecule has 0 spiro atoms. The van der Waals surface area contributed by atoms with E-state index in [-0.39, 0.29) is 62.9 Å². The van der Waals surface area contributed by atoms with E-state index in [0.717, 1.165) is 11.3 Å². The summed E-state index contributed by atoms with van der Waals surface area (Å²) in [5.74, 6) is -5.22. The summed E-state index contributed by atoms with van der Waals surface area (Å²) >= 11 is 1.08. The van der Waals surface area contributed by atoms with Gasteiger partial charge >= 0.3 is 6.09 Å². The van der Waals surface area contributed by atoms with E-state index in [2.05, 4.69) is 15.6 Å². The van der Waals surface area contributed by atoms with E-state index >= 15 is 4.39 Å². The van der Waals surface area contributed by atoms with Crippen LogP contribution in [-0.4, -0.2) is 45.7 Å².